The number of benzene rings is 1. The van der Waals surface area contributed by atoms with Gasteiger partial charge in [0.25, 0.3) is 0 Å². The maximum atomic E-state index is 13.4. The third-order valence-corrected chi connectivity index (χ3v) is 3.65. The van der Waals surface area contributed by atoms with Crippen LogP contribution in [-0.4, -0.2) is 16.5 Å². The number of nitrogens with zero attached hydrogens (tertiary/aromatic N) is 3. The standard InChI is InChI=1S/C18H15F3N4O/c1-11-7-16(22-5-4-12-3-2-6-25(26)10-12)24-18(23-11)13-8-14(19)17(21)15(20)9-13/h2-3,6-10H,4-5H2,1H3,(H,22,23,24). The molecule has 0 fully saturated rings. The first-order valence-electron chi connectivity index (χ1n) is 7.84. The third-order valence-electron chi connectivity index (χ3n) is 3.65. The number of anilines is 1. The molecule has 2 heterocycles. The lowest BCUT2D eigenvalue weighted by Gasteiger charge is -2.09. The molecule has 0 amide bonds. The second kappa shape index (κ2) is 7.38. The van der Waals surface area contributed by atoms with Gasteiger partial charge in [0.05, 0.1) is 0 Å². The van der Waals surface area contributed by atoms with Crippen LogP contribution >= 0.6 is 0 Å². The lowest BCUT2D eigenvalue weighted by Crippen LogP contribution is -2.25. The number of aromatic nitrogens is 3. The average Bonchev–Trinajstić information content (AvgIpc) is 2.59. The molecular formula is C18H15F3N4O. The van der Waals surface area contributed by atoms with E-state index in [9.17, 15) is 18.4 Å². The van der Waals surface area contributed by atoms with E-state index in [0.717, 1.165) is 22.4 Å². The first kappa shape index (κ1) is 17.7. The summed E-state index contributed by atoms with van der Waals surface area (Å²) in [7, 11) is 0. The van der Waals surface area contributed by atoms with E-state index >= 15 is 0 Å². The number of hydrogen-bond donors (Lipinski definition) is 1. The monoisotopic (exact) mass is 360 g/mol. The molecule has 0 aliphatic carbocycles. The molecule has 0 saturated heterocycles. The lowest BCUT2D eigenvalue weighted by atomic mass is 10.2. The summed E-state index contributed by atoms with van der Waals surface area (Å²) >= 11 is 0. The van der Waals surface area contributed by atoms with E-state index in [1.807, 2.05) is 6.07 Å². The van der Waals surface area contributed by atoms with Crippen LogP contribution in [0.4, 0.5) is 19.0 Å². The van der Waals surface area contributed by atoms with E-state index in [0.29, 0.717) is 24.5 Å². The Morgan fingerprint density at radius 1 is 1.12 bits per heavy atom. The van der Waals surface area contributed by atoms with Crippen LogP contribution in [0.15, 0.2) is 42.7 Å². The summed E-state index contributed by atoms with van der Waals surface area (Å²) in [6.45, 7) is 2.20. The summed E-state index contributed by atoms with van der Waals surface area (Å²) in [6.07, 6.45) is 3.46. The van der Waals surface area contributed by atoms with Gasteiger partial charge in [-0.2, -0.15) is 4.73 Å². The first-order chi connectivity index (χ1) is 12.4. The topological polar surface area (TPSA) is 64.8 Å². The predicted octanol–water partition coefficient (Wildman–Crippen LogP) is 3.16. The Morgan fingerprint density at radius 3 is 2.54 bits per heavy atom. The van der Waals surface area contributed by atoms with Crippen LogP contribution in [0, 0.1) is 29.6 Å². The molecule has 8 heteroatoms. The molecule has 2 aromatic heterocycles. The molecule has 0 aliphatic heterocycles. The summed E-state index contributed by atoms with van der Waals surface area (Å²) in [5.41, 5.74) is 1.48. The van der Waals surface area contributed by atoms with Gasteiger partial charge in [0.2, 0.25) is 0 Å². The van der Waals surface area contributed by atoms with Gasteiger partial charge in [-0.05, 0) is 31.5 Å². The van der Waals surface area contributed by atoms with Crippen molar-refractivity contribution in [2.45, 2.75) is 13.3 Å². The van der Waals surface area contributed by atoms with E-state index in [1.54, 1.807) is 19.1 Å². The zero-order valence-electron chi connectivity index (χ0n) is 13.8. The number of hydrogen-bond acceptors (Lipinski definition) is 4. The fraction of sp³-hybridized carbons (Fsp3) is 0.167. The Morgan fingerprint density at radius 2 is 1.85 bits per heavy atom. The quantitative estimate of drug-likeness (QED) is 0.431. The molecule has 0 radical (unpaired) electrons. The molecular weight excluding hydrogens is 345 g/mol. The Hall–Kier alpha value is -3.16. The second-order valence-electron chi connectivity index (χ2n) is 5.72. The van der Waals surface area contributed by atoms with Gasteiger partial charge in [-0.15, -0.1) is 0 Å². The highest BCUT2D eigenvalue weighted by atomic mass is 19.2. The number of rotatable bonds is 5. The van der Waals surface area contributed by atoms with Gasteiger partial charge in [0.1, 0.15) is 5.82 Å². The number of pyridine rings is 1. The van der Waals surface area contributed by atoms with Gasteiger partial charge in [0, 0.05) is 35.5 Å². The minimum atomic E-state index is -1.53. The molecule has 3 aromatic rings. The van der Waals surface area contributed by atoms with Crippen molar-refractivity contribution in [1.82, 2.24) is 9.97 Å². The summed E-state index contributed by atoms with van der Waals surface area (Å²) < 4.78 is 40.7. The number of nitrogens with one attached hydrogen (secondary N) is 1. The highest BCUT2D eigenvalue weighted by Gasteiger charge is 2.14. The summed E-state index contributed by atoms with van der Waals surface area (Å²) in [5.74, 6) is -3.58. The van der Waals surface area contributed by atoms with Crippen molar-refractivity contribution in [2.75, 3.05) is 11.9 Å². The van der Waals surface area contributed by atoms with Crippen molar-refractivity contribution in [3.05, 3.63) is 76.6 Å². The molecule has 1 aromatic carbocycles. The van der Waals surface area contributed by atoms with Crippen molar-refractivity contribution >= 4 is 5.82 Å². The van der Waals surface area contributed by atoms with Crippen LogP contribution in [0.3, 0.4) is 0 Å². The summed E-state index contributed by atoms with van der Waals surface area (Å²) in [4.78, 5) is 8.36. The van der Waals surface area contributed by atoms with E-state index in [2.05, 4.69) is 15.3 Å². The highest BCUT2D eigenvalue weighted by Crippen LogP contribution is 2.22. The van der Waals surface area contributed by atoms with Crippen molar-refractivity contribution in [3.63, 3.8) is 0 Å². The highest BCUT2D eigenvalue weighted by molar-refractivity contribution is 5.58. The molecule has 0 spiro atoms. The Kier molecular flexibility index (Phi) is 5.01. The summed E-state index contributed by atoms with van der Waals surface area (Å²) in [5, 5.41) is 14.3. The minimum absolute atomic E-state index is 0.0450. The predicted molar refractivity (Wildman–Crippen MR) is 89.7 cm³/mol. The van der Waals surface area contributed by atoms with Gasteiger partial charge < -0.3 is 10.5 Å². The van der Waals surface area contributed by atoms with Gasteiger partial charge in [-0.3, -0.25) is 0 Å². The van der Waals surface area contributed by atoms with Crippen LogP contribution in [0.2, 0.25) is 0 Å². The molecule has 0 unspecified atom stereocenters. The van der Waals surface area contributed by atoms with E-state index in [-0.39, 0.29) is 11.4 Å². The fourth-order valence-corrected chi connectivity index (χ4v) is 2.46. The molecule has 26 heavy (non-hydrogen) atoms. The molecule has 5 nitrogen and oxygen atoms in total. The maximum Gasteiger partial charge on any atom is 0.194 e. The number of halogens is 3. The van der Waals surface area contributed by atoms with Crippen LogP contribution in [0.5, 0.6) is 0 Å². The average molecular weight is 360 g/mol. The van der Waals surface area contributed by atoms with Crippen molar-refractivity contribution < 1.29 is 17.9 Å². The van der Waals surface area contributed by atoms with Gasteiger partial charge in [-0.25, -0.2) is 23.1 Å². The number of aryl methyl sites for hydroxylation is 1. The molecule has 134 valence electrons. The molecule has 3 rings (SSSR count). The van der Waals surface area contributed by atoms with Crippen molar-refractivity contribution in [2.24, 2.45) is 0 Å². The van der Waals surface area contributed by atoms with Crippen LogP contribution in [0.1, 0.15) is 11.3 Å². The SMILES string of the molecule is Cc1cc(NCCc2ccc[n+]([O-])c2)nc(-c2cc(F)c(F)c(F)c2)n1. The van der Waals surface area contributed by atoms with Gasteiger partial charge in [-0.1, -0.05) is 0 Å². The van der Waals surface area contributed by atoms with Crippen molar-refractivity contribution in [3.8, 4) is 11.4 Å². The second-order valence-corrected chi connectivity index (χ2v) is 5.72. The first-order valence-corrected chi connectivity index (χ1v) is 7.84. The van der Waals surface area contributed by atoms with Gasteiger partial charge >= 0.3 is 0 Å². The van der Waals surface area contributed by atoms with E-state index < -0.39 is 17.5 Å². The smallest absolute Gasteiger partial charge is 0.194 e. The molecule has 0 atom stereocenters. The third kappa shape index (κ3) is 4.08. The largest absolute Gasteiger partial charge is 0.619 e. The fourth-order valence-electron chi connectivity index (χ4n) is 2.46. The Labute approximate surface area is 147 Å². The van der Waals surface area contributed by atoms with Crippen molar-refractivity contribution in [1.29, 1.82) is 0 Å². The molecule has 0 saturated carbocycles. The summed E-state index contributed by atoms with van der Waals surface area (Å²) in [6, 6.07) is 6.88. The van der Waals surface area contributed by atoms with Crippen LogP contribution < -0.4 is 10.0 Å². The molecule has 0 bridgehead atoms. The van der Waals surface area contributed by atoms with Gasteiger partial charge in [0.15, 0.2) is 35.7 Å². The Bertz CT molecular complexity index is 926. The Balaban J connectivity index is 1.77. The minimum Gasteiger partial charge on any atom is -0.619 e. The van der Waals surface area contributed by atoms with Crippen LogP contribution in [0.25, 0.3) is 11.4 Å². The normalized spacial score (nSPS) is 10.8. The van der Waals surface area contributed by atoms with E-state index in [4.69, 9.17) is 0 Å². The maximum absolute atomic E-state index is 13.4. The molecule has 1 N–H and O–H groups in total. The van der Waals surface area contributed by atoms with E-state index in [1.165, 1.54) is 12.4 Å². The molecule has 0 aliphatic rings. The zero-order valence-corrected chi connectivity index (χ0v) is 13.8. The zero-order chi connectivity index (χ0) is 18.7. The van der Waals surface area contributed by atoms with Crippen LogP contribution in [-0.2, 0) is 6.42 Å². The lowest BCUT2D eigenvalue weighted by molar-refractivity contribution is -0.605.